The van der Waals surface area contributed by atoms with Gasteiger partial charge >= 0.3 is 0 Å². The molecule has 6 nitrogen and oxygen atoms in total. The van der Waals surface area contributed by atoms with E-state index in [1.54, 1.807) is 6.26 Å². The minimum atomic E-state index is 0.615. The monoisotopic (exact) mass is 247 g/mol. The molecule has 2 aromatic heterocycles. The number of aromatic nitrogens is 3. The number of furan rings is 1. The second-order valence-corrected chi connectivity index (χ2v) is 4.51. The average Bonchev–Trinajstić information content (AvgIpc) is 3.09. The van der Waals surface area contributed by atoms with Crippen LogP contribution in [0.15, 0.2) is 22.8 Å². The first-order chi connectivity index (χ1) is 8.86. The molecule has 1 fully saturated rings. The summed E-state index contributed by atoms with van der Waals surface area (Å²) in [4.78, 5) is 6.68. The molecule has 2 aromatic rings. The molecule has 0 radical (unpaired) electrons. The predicted octanol–water partition coefficient (Wildman–Crippen LogP) is 1.25. The molecule has 6 heteroatoms. The smallest absolute Gasteiger partial charge is 0.245 e. The van der Waals surface area contributed by atoms with Crippen LogP contribution in [0.5, 0.6) is 0 Å². The summed E-state index contributed by atoms with van der Waals surface area (Å²) in [7, 11) is 2.02. The van der Waals surface area contributed by atoms with Crippen LogP contribution in [0.4, 0.5) is 5.95 Å². The van der Waals surface area contributed by atoms with Gasteiger partial charge in [-0.1, -0.05) is 0 Å². The number of nitrogens with one attached hydrogen (secondary N) is 2. The fourth-order valence-corrected chi connectivity index (χ4v) is 2.29. The van der Waals surface area contributed by atoms with E-state index in [4.69, 9.17) is 4.42 Å². The Morgan fingerprint density at radius 1 is 1.44 bits per heavy atom. The molecular weight excluding hydrogens is 230 g/mol. The van der Waals surface area contributed by atoms with Crippen molar-refractivity contribution in [2.75, 3.05) is 25.0 Å². The first kappa shape index (κ1) is 11.3. The minimum Gasteiger partial charge on any atom is -0.461 e. The standard InChI is InChI=1S/C12H17N5O/c1-13-9-4-6-17(7-5-9)12-14-11(15-16-12)10-3-2-8-18-10/h2-3,8-9,13H,4-7H2,1H3,(H,14,15,16). The highest BCUT2D eigenvalue weighted by atomic mass is 16.3. The van der Waals surface area contributed by atoms with Gasteiger partial charge in [0.2, 0.25) is 5.95 Å². The summed E-state index contributed by atoms with van der Waals surface area (Å²) in [5.41, 5.74) is 0. The molecule has 0 saturated carbocycles. The molecule has 1 aliphatic rings. The highest BCUT2D eigenvalue weighted by Crippen LogP contribution is 2.20. The summed E-state index contributed by atoms with van der Waals surface area (Å²) in [5.74, 6) is 2.17. The van der Waals surface area contributed by atoms with Crippen molar-refractivity contribution >= 4 is 5.95 Å². The van der Waals surface area contributed by atoms with Crippen molar-refractivity contribution in [3.63, 3.8) is 0 Å². The number of aromatic amines is 1. The van der Waals surface area contributed by atoms with Crippen molar-refractivity contribution in [3.05, 3.63) is 18.4 Å². The zero-order chi connectivity index (χ0) is 12.4. The molecule has 1 aliphatic heterocycles. The Kier molecular flexibility index (Phi) is 3.02. The van der Waals surface area contributed by atoms with Crippen LogP contribution in [-0.4, -0.2) is 41.4 Å². The third-order valence-corrected chi connectivity index (χ3v) is 3.41. The van der Waals surface area contributed by atoms with Gasteiger partial charge in [0.05, 0.1) is 6.26 Å². The van der Waals surface area contributed by atoms with E-state index in [0.717, 1.165) is 37.6 Å². The zero-order valence-electron chi connectivity index (χ0n) is 10.4. The molecule has 0 unspecified atom stereocenters. The van der Waals surface area contributed by atoms with Crippen LogP contribution in [0.2, 0.25) is 0 Å². The summed E-state index contributed by atoms with van der Waals surface area (Å²) in [6.07, 6.45) is 3.89. The van der Waals surface area contributed by atoms with Crippen molar-refractivity contribution in [1.82, 2.24) is 20.5 Å². The molecule has 0 aliphatic carbocycles. The van der Waals surface area contributed by atoms with Crippen LogP contribution >= 0.6 is 0 Å². The summed E-state index contributed by atoms with van der Waals surface area (Å²) < 4.78 is 5.29. The maximum Gasteiger partial charge on any atom is 0.245 e. The van der Waals surface area contributed by atoms with E-state index in [-0.39, 0.29) is 0 Å². The van der Waals surface area contributed by atoms with E-state index in [9.17, 15) is 0 Å². The van der Waals surface area contributed by atoms with Gasteiger partial charge in [0.25, 0.3) is 0 Å². The molecule has 18 heavy (non-hydrogen) atoms. The molecule has 3 heterocycles. The Morgan fingerprint density at radius 2 is 2.28 bits per heavy atom. The number of H-pyrrole nitrogens is 1. The molecule has 2 N–H and O–H groups in total. The van der Waals surface area contributed by atoms with Gasteiger partial charge in [-0.05, 0) is 32.0 Å². The minimum absolute atomic E-state index is 0.615. The highest BCUT2D eigenvalue weighted by molar-refractivity contribution is 5.48. The summed E-state index contributed by atoms with van der Waals surface area (Å²) >= 11 is 0. The highest BCUT2D eigenvalue weighted by Gasteiger charge is 2.21. The third-order valence-electron chi connectivity index (χ3n) is 3.41. The third kappa shape index (κ3) is 2.11. The van der Waals surface area contributed by atoms with Gasteiger partial charge in [0, 0.05) is 19.1 Å². The Bertz CT molecular complexity index is 484. The molecule has 3 rings (SSSR count). The normalized spacial score (nSPS) is 17.3. The number of nitrogens with zero attached hydrogens (tertiary/aromatic N) is 3. The zero-order valence-corrected chi connectivity index (χ0v) is 10.4. The fraction of sp³-hybridized carbons (Fsp3) is 0.500. The Balaban J connectivity index is 1.71. The lowest BCUT2D eigenvalue weighted by atomic mass is 10.1. The van der Waals surface area contributed by atoms with Gasteiger partial charge in [-0.25, -0.2) is 0 Å². The van der Waals surface area contributed by atoms with Gasteiger partial charge in [-0.15, -0.1) is 5.10 Å². The van der Waals surface area contributed by atoms with Crippen molar-refractivity contribution in [3.8, 4) is 11.6 Å². The molecule has 1 saturated heterocycles. The van der Waals surface area contributed by atoms with Crippen molar-refractivity contribution in [1.29, 1.82) is 0 Å². The van der Waals surface area contributed by atoms with Gasteiger partial charge in [-0.3, -0.25) is 5.10 Å². The maximum absolute atomic E-state index is 5.29. The van der Waals surface area contributed by atoms with Crippen molar-refractivity contribution in [2.45, 2.75) is 18.9 Å². The van der Waals surface area contributed by atoms with Gasteiger partial charge in [-0.2, -0.15) is 4.98 Å². The van der Waals surface area contributed by atoms with Gasteiger partial charge in [0.1, 0.15) is 0 Å². The first-order valence-corrected chi connectivity index (χ1v) is 6.25. The maximum atomic E-state index is 5.29. The fourth-order valence-electron chi connectivity index (χ4n) is 2.29. The summed E-state index contributed by atoms with van der Waals surface area (Å²) in [6, 6.07) is 4.33. The molecular formula is C12H17N5O. The predicted molar refractivity (Wildman–Crippen MR) is 68.4 cm³/mol. The van der Waals surface area contributed by atoms with E-state index in [1.165, 1.54) is 0 Å². The number of hydrogen-bond acceptors (Lipinski definition) is 5. The van der Waals surface area contributed by atoms with E-state index in [2.05, 4.69) is 25.4 Å². The number of rotatable bonds is 3. The summed E-state index contributed by atoms with van der Waals surface area (Å²) in [5, 5.41) is 10.5. The molecule has 0 atom stereocenters. The topological polar surface area (TPSA) is 70.0 Å². The lowest BCUT2D eigenvalue weighted by molar-refractivity contribution is 0.439. The van der Waals surface area contributed by atoms with Crippen LogP contribution in [0.3, 0.4) is 0 Å². The second-order valence-electron chi connectivity index (χ2n) is 4.51. The first-order valence-electron chi connectivity index (χ1n) is 6.25. The largest absolute Gasteiger partial charge is 0.461 e. The lowest BCUT2D eigenvalue weighted by Crippen LogP contribution is -2.41. The molecule has 0 bridgehead atoms. The number of anilines is 1. The SMILES string of the molecule is CNC1CCN(c2n[nH]c(-c3ccco3)n2)CC1. The van der Waals surface area contributed by atoms with Gasteiger partial charge in [0.15, 0.2) is 11.6 Å². The molecule has 96 valence electrons. The van der Waals surface area contributed by atoms with Crippen LogP contribution in [-0.2, 0) is 0 Å². The van der Waals surface area contributed by atoms with E-state index in [1.807, 2.05) is 19.2 Å². The number of piperidine rings is 1. The van der Waals surface area contributed by atoms with Crippen LogP contribution < -0.4 is 10.2 Å². The van der Waals surface area contributed by atoms with Crippen LogP contribution in [0, 0.1) is 0 Å². The Hall–Kier alpha value is -1.82. The quantitative estimate of drug-likeness (QED) is 0.854. The Labute approximate surface area is 105 Å². The van der Waals surface area contributed by atoms with Gasteiger partial charge < -0.3 is 14.6 Å². The van der Waals surface area contributed by atoms with Crippen molar-refractivity contribution in [2.24, 2.45) is 0 Å². The van der Waals surface area contributed by atoms with Crippen LogP contribution in [0.1, 0.15) is 12.8 Å². The van der Waals surface area contributed by atoms with Crippen LogP contribution in [0.25, 0.3) is 11.6 Å². The van der Waals surface area contributed by atoms with E-state index < -0.39 is 0 Å². The van der Waals surface area contributed by atoms with E-state index >= 15 is 0 Å². The second kappa shape index (κ2) is 4.81. The Morgan fingerprint density at radius 3 is 2.94 bits per heavy atom. The number of hydrogen-bond donors (Lipinski definition) is 2. The summed E-state index contributed by atoms with van der Waals surface area (Å²) in [6.45, 7) is 1.97. The van der Waals surface area contributed by atoms with E-state index in [0.29, 0.717) is 11.9 Å². The lowest BCUT2D eigenvalue weighted by Gasteiger charge is -2.30. The van der Waals surface area contributed by atoms with Crippen molar-refractivity contribution < 1.29 is 4.42 Å². The molecule has 0 spiro atoms. The molecule has 0 amide bonds. The molecule has 0 aromatic carbocycles. The average molecular weight is 247 g/mol.